The summed E-state index contributed by atoms with van der Waals surface area (Å²) in [6.45, 7) is 0. The van der Waals surface area contributed by atoms with Gasteiger partial charge in [-0.15, -0.1) is 0 Å². The molecular weight excluding hydrogens is 74.0 g/mol. The molecule has 0 aromatic rings. The Bertz CT molecular complexity index is 11.5. The van der Waals surface area contributed by atoms with Crippen LogP contribution in [0.1, 0.15) is 2.85 Å². The number of hydrogen-bond donors (Lipinski definition) is 1. The second-order valence-electron chi connectivity index (χ2n) is 0. The second kappa shape index (κ2) is 20.2. The van der Waals surface area contributed by atoms with E-state index in [1.165, 1.54) is 0 Å². The Morgan fingerprint density at radius 3 is 1.25 bits per heavy atom. The molecule has 0 rings (SSSR count). The molecule has 1 N–H and O–H groups in total. The van der Waals surface area contributed by atoms with Gasteiger partial charge < -0.3 is 7.96 Å². The summed E-state index contributed by atoms with van der Waals surface area (Å²) in [5.41, 5.74) is 0. The molecule has 0 atom stereocenters. The van der Waals surface area contributed by atoms with Gasteiger partial charge >= 0.3 is 59.1 Å². The molecule has 0 spiro atoms. The van der Waals surface area contributed by atoms with Gasteiger partial charge in [-0.2, -0.15) is 0 Å². The van der Waals surface area contributed by atoms with E-state index in [9.17, 15) is 0 Å². The average molecular weight is 80.0 g/mol. The SMILES string of the molecule is CO.[H-].[H-].[Na+].[Na+]. The van der Waals surface area contributed by atoms with E-state index >= 15 is 0 Å². The molecule has 0 aliphatic heterocycles. The van der Waals surface area contributed by atoms with Gasteiger partial charge in [0.05, 0.1) is 0 Å². The number of aliphatic hydroxyl groups excluding tert-OH is 1. The Hall–Kier alpha value is 1.96. The molecule has 0 aliphatic carbocycles. The van der Waals surface area contributed by atoms with Crippen LogP contribution in [0.4, 0.5) is 0 Å². The van der Waals surface area contributed by atoms with Crippen LogP contribution in [0.3, 0.4) is 0 Å². The zero-order valence-electron chi connectivity index (χ0n) is 5.45. The minimum atomic E-state index is 0. The van der Waals surface area contributed by atoms with Gasteiger partial charge in [-0.25, -0.2) is 0 Å². The third kappa shape index (κ3) is 9.03. The average Bonchev–Trinajstić information content (AvgIpc) is 1.00. The van der Waals surface area contributed by atoms with Crippen LogP contribution < -0.4 is 59.1 Å². The fourth-order valence-corrected chi connectivity index (χ4v) is 0. The smallest absolute Gasteiger partial charge is 1.00 e. The van der Waals surface area contributed by atoms with E-state index in [-0.39, 0.29) is 62.0 Å². The number of rotatable bonds is 0. The molecule has 3 heteroatoms. The molecular formula is CH6Na2O. The maximum atomic E-state index is 7.00. The zero-order chi connectivity index (χ0) is 2.00. The van der Waals surface area contributed by atoms with E-state index in [1.54, 1.807) is 0 Å². The van der Waals surface area contributed by atoms with Crippen molar-refractivity contribution in [3.8, 4) is 0 Å². The molecule has 1 nitrogen and oxygen atoms in total. The molecule has 0 aromatic heterocycles. The molecule has 0 bridgehead atoms. The first-order valence-electron chi connectivity index (χ1n) is 0.447. The molecule has 0 amide bonds. The van der Waals surface area contributed by atoms with E-state index in [1.807, 2.05) is 0 Å². The summed E-state index contributed by atoms with van der Waals surface area (Å²) in [6, 6.07) is 0. The van der Waals surface area contributed by atoms with Crippen molar-refractivity contribution in [1.82, 2.24) is 0 Å². The van der Waals surface area contributed by atoms with Gasteiger partial charge in [0.1, 0.15) is 0 Å². The normalized spacial score (nSPS) is 1.50. The van der Waals surface area contributed by atoms with Crippen LogP contribution in [0.15, 0.2) is 0 Å². The van der Waals surface area contributed by atoms with Gasteiger partial charge in [-0.1, -0.05) is 0 Å². The molecule has 18 valence electrons. The summed E-state index contributed by atoms with van der Waals surface area (Å²) in [5.74, 6) is 0. The quantitative estimate of drug-likeness (QED) is 0.287. The molecule has 0 radical (unpaired) electrons. The summed E-state index contributed by atoms with van der Waals surface area (Å²) >= 11 is 0. The van der Waals surface area contributed by atoms with Crippen LogP contribution in [0, 0.1) is 0 Å². The second-order valence-corrected chi connectivity index (χ2v) is 0. The van der Waals surface area contributed by atoms with Gasteiger partial charge in [0.2, 0.25) is 0 Å². The first-order chi connectivity index (χ1) is 1.00. The van der Waals surface area contributed by atoms with E-state index < -0.39 is 0 Å². The summed E-state index contributed by atoms with van der Waals surface area (Å²) < 4.78 is 0. The van der Waals surface area contributed by atoms with E-state index in [0.717, 1.165) is 7.11 Å². The minimum Gasteiger partial charge on any atom is -1.00 e. The van der Waals surface area contributed by atoms with Crippen molar-refractivity contribution in [3.63, 3.8) is 0 Å². The Labute approximate surface area is 73.3 Å². The van der Waals surface area contributed by atoms with Crippen molar-refractivity contribution < 1.29 is 67.1 Å². The van der Waals surface area contributed by atoms with Crippen LogP contribution in [0.25, 0.3) is 0 Å². The molecule has 0 saturated heterocycles. The third-order valence-corrected chi connectivity index (χ3v) is 0. The van der Waals surface area contributed by atoms with Gasteiger partial charge in [-0.3, -0.25) is 0 Å². The van der Waals surface area contributed by atoms with Gasteiger partial charge in [0.15, 0.2) is 0 Å². The minimum absolute atomic E-state index is 0. The maximum absolute atomic E-state index is 7.00. The molecule has 0 saturated carbocycles. The summed E-state index contributed by atoms with van der Waals surface area (Å²) in [4.78, 5) is 0. The van der Waals surface area contributed by atoms with Crippen molar-refractivity contribution in [2.45, 2.75) is 0 Å². The van der Waals surface area contributed by atoms with Gasteiger partial charge in [0, 0.05) is 7.11 Å². The van der Waals surface area contributed by atoms with Crippen molar-refractivity contribution >= 4 is 0 Å². The first-order valence-corrected chi connectivity index (χ1v) is 0.447. The molecule has 0 unspecified atom stereocenters. The Morgan fingerprint density at radius 2 is 1.25 bits per heavy atom. The topological polar surface area (TPSA) is 20.2 Å². The van der Waals surface area contributed by atoms with Crippen molar-refractivity contribution in [3.05, 3.63) is 0 Å². The Balaban J connectivity index is -0.000000000833. The predicted molar refractivity (Wildman–Crippen MR) is 10.4 cm³/mol. The van der Waals surface area contributed by atoms with Crippen LogP contribution >= 0.6 is 0 Å². The largest absolute Gasteiger partial charge is 1.00 e. The Kier molecular flexibility index (Phi) is 84.7. The third-order valence-electron chi connectivity index (χ3n) is 0. The fourth-order valence-electron chi connectivity index (χ4n) is 0. The summed E-state index contributed by atoms with van der Waals surface area (Å²) in [6.07, 6.45) is 0. The Morgan fingerprint density at radius 1 is 1.25 bits per heavy atom. The monoisotopic (exact) mass is 80.0 g/mol. The summed E-state index contributed by atoms with van der Waals surface area (Å²) in [5, 5.41) is 7.00. The van der Waals surface area contributed by atoms with Crippen molar-refractivity contribution in [1.29, 1.82) is 0 Å². The molecule has 0 aromatic carbocycles. The van der Waals surface area contributed by atoms with Crippen LogP contribution in [-0.2, 0) is 0 Å². The van der Waals surface area contributed by atoms with Crippen molar-refractivity contribution in [2.24, 2.45) is 0 Å². The van der Waals surface area contributed by atoms with Crippen molar-refractivity contribution in [2.75, 3.05) is 7.11 Å². The maximum Gasteiger partial charge on any atom is 1.00 e. The van der Waals surface area contributed by atoms with Crippen LogP contribution in [-0.4, -0.2) is 12.2 Å². The summed E-state index contributed by atoms with van der Waals surface area (Å²) in [7, 11) is 1.00. The first kappa shape index (κ1) is 16.7. The fraction of sp³-hybridized carbons (Fsp3) is 1.00. The molecule has 0 heterocycles. The molecule has 4 heavy (non-hydrogen) atoms. The number of hydrogen-bond acceptors (Lipinski definition) is 1. The molecule has 0 aliphatic rings. The van der Waals surface area contributed by atoms with E-state index in [0.29, 0.717) is 0 Å². The standard InChI is InChI=1S/CH4O.2Na.2H/c1-2;;;;/h2H,1H3;;;;/q;2*+1;2*-1. The van der Waals surface area contributed by atoms with Gasteiger partial charge in [-0.05, 0) is 0 Å². The van der Waals surface area contributed by atoms with Crippen LogP contribution in [0.5, 0.6) is 0 Å². The van der Waals surface area contributed by atoms with Crippen LogP contribution in [0.2, 0.25) is 0 Å². The van der Waals surface area contributed by atoms with Gasteiger partial charge in [0.25, 0.3) is 0 Å². The van der Waals surface area contributed by atoms with E-state index in [4.69, 9.17) is 5.11 Å². The predicted octanol–water partition coefficient (Wildman–Crippen LogP) is -6.16. The van der Waals surface area contributed by atoms with E-state index in [2.05, 4.69) is 0 Å². The number of aliphatic hydroxyl groups is 1. The zero-order valence-corrected chi connectivity index (χ0v) is 7.45. The molecule has 0 fully saturated rings.